The van der Waals surface area contributed by atoms with Crippen LogP contribution in [0.2, 0.25) is 0 Å². The molecule has 0 saturated heterocycles. The maximum Gasteiger partial charge on any atom is 0.262 e. The highest BCUT2D eigenvalue weighted by molar-refractivity contribution is 7.13. The van der Waals surface area contributed by atoms with Gasteiger partial charge in [-0.15, -0.1) is 11.3 Å². The molecule has 3 rings (SSSR count). The summed E-state index contributed by atoms with van der Waals surface area (Å²) in [7, 11) is 0. The molecule has 1 heterocycles. The summed E-state index contributed by atoms with van der Waals surface area (Å²) in [5, 5.41) is 5.41. The molecule has 1 aromatic heterocycles. The lowest BCUT2D eigenvalue weighted by Gasteiger charge is -2.08. The molecule has 3 aromatic rings. The van der Waals surface area contributed by atoms with Gasteiger partial charge in [-0.25, -0.2) is 9.37 Å². The molecule has 0 bridgehead atoms. The minimum Gasteiger partial charge on any atom is -0.484 e. The molecule has 24 heavy (non-hydrogen) atoms. The van der Waals surface area contributed by atoms with Crippen LogP contribution in [0.5, 0.6) is 5.75 Å². The Bertz CT molecular complexity index is 846. The number of nitrogens with zero attached hydrogens (tertiary/aromatic N) is 1. The first-order chi connectivity index (χ1) is 11.6. The molecule has 2 aromatic carbocycles. The SMILES string of the molecule is Cc1csc(-c2ccc(OCC(=O)Nc3ccccc3F)cc2)n1. The molecular weight excluding hydrogens is 327 g/mol. The summed E-state index contributed by atoms with van der Waals surface area (Å²) in [5.41, 5.74) is 2.12. The molecule has 4 nitrogen and oxygen atoms in total. The van der Waals surface area contributed by atoms with E-state index in [1.54, 1.807) is 35.6 Å². The van der Waals surface area contributed by atoms with Crippen LogP contribution in [-0.2, 0) is 4.79 Å². The van der Waals surface area contributed by atoms with Gasteiger partial charge < -0.3 is 10.1 Å². The van der Waals surface area contributed by atoms with E-state index in [2.05, 4.69) is 10.3 Å². The van der Waals surface area contributed by atoms with Crippen molar-refractivity contribution >= 4 is 22.9 Å². The molecule has 0 spiro atoms. The van der Waals surface area contributed by atoms with Crippen LogP contribution in [0.15, 0.2) is 53.9 Å². The zero-order chi connectivity index (χ0) is 16.9. The van der Waals surface area contributed by atoms with E-state index in [1.165, 1.54) is 12.1 Å². The number of hydrogen-bond acceptors (Lipinski definition) is 4. The second-order valence-corrected chi connectivity index (χ2v) is 5.99. The fourth-order valence-corrected chi connectivity index (χ4v) is 2.88. The van der Waals surface area contributed by atoms with E-state index in [1.807, 2.05) is 24.4 Å². The lowest BCUT2D eigenvalue weighted by Crippen LogP contribution is -2.20. The normalized spacial score (nSPS) is 10.4. The van der Waals surface area contributed by atoms with Crippen LogP contribution in [-0.4, -0.2) is 17.5 Å². The molecule has 0 unspecified atom stereocenters. The van der Waals surface area contributed by atoms with E-state index in [9.17, 15) is 9.18 Å². The number of hydrogen-bond donors (Lipinski definition) is 1. The zero-order valence-electron chi connectivity index (χ0n) is 13.0. The van der Waals surface area contributed by atoms with Crippen LogP contribution in [0.4, 0.5) is 10.1 Å². The van der Waals surface area contributed by atoms with Crippen molar-refractivity contribution < 1.29 is 13.9 Å². The van der Waals surface area contributed by atoms with Gasteiger partial charge in [0, 0.05) is 16.6 Å². The minimum atomic E-state index is -0.478. The van der Waals surface area contributed by atoms with Gasteiger partial charge in [0.25, 0.3) is 5.91 Å². The zero-order valence-corrected chi connectivity index (χ0v) is 13.8. The van der Waals surface area contributed by atoms with Crippen LogP contribution >= 0.6 is 11.3 Å². The summed E-state index contributed by atoms with van der Waals surface area (Å²) in [4.78, 5) is 16.2. The first kappa shape index (κ1) is 16.1. The van der Waals surface area contributed by atoms with Gasteiger partial charge in [-0.3, -0.25) is 4.79 Å². The van der Waals surface area contributed by atoms with E-state index in [4.69, 9.17) is 4.74 Å². The monoisotopic (exact) mass is 342 g/mol. The third-order valence-corrected chi connectivity index (χ3v) is 4.25. The number of benzene rings is 2. The lowest BCUT2D eigenvalue weighted by atomic mass is 10.2. The summed E-state index contributed by atoms with van der Waals surface area (Å²) in [6.45, 7) is 1.76. The largest absolute Gasteiger partial charge is 0.484 e. The Kier molecular flexibility index (Phi) is 4.86. The number of aryl methyl sites for hydroxylation is 1. The summed E-state index contributed by atoms with van der Waals surface area (Å²) in [6.07, 6.45) is 0. The third-order valence-electron chi connectivity index (χ3n) is 3.24. The molecule has 0 saturated carbocycles. The minimum absolute atomic E-state index is 0.139. The summed E-state index contributed by atoms with van der Waals surface area (Å²) in [5.74, 6) is -0.329. The predicted molar refractivity (Wildman–Crippen MR) is 92.8 cm³/mol. The van der Waals surface area contributed by atoms with Gasteiger partial charge >= 0.3 is 0 Å². The summed E-state index contributed by atoms with van der Waals surface area (Å²) >= 11 is 1.58. The van der Waals surface area contributed by atoms with Gasteiger partial charge in [0.1, 0.15) is 16.6 Å². The molecule has 0 aliphatic heterocycles. The first-order valence-electron chi connectivity index (χ1n) is 7.31. The highest BCUT2D eigenvalue weighted by Crippen LogP contribution is 2.25. The highest BCUT2D eigenvalue weighted by atomic mass is 32.1. The maximum atomic E-state index is 13.5. The smallest absolute Gasteiger partial charge is 0.262 e. The Morgan fingerprint density at radius 1 is 1.21 bits per heavy atom. The Labute approximate surface area is 142 Å². The van der Waals surface area contributed by atoms with Crippen molar-refractivity contribution in [2.45, 2.75) is 6.92 Å². The van der Waals surface area contributed by atoms with Crippen molar-refractivity contribution in [3.8, 4) is 16.3 Å². The van der Waals surface area contributed by atoms with E-state index < -0.39 is 11.7 Å². The van der Waals surface area contributed by atoms with Crippen molar-refractivity contribution in [2.75, 3.05) is 11.9 Å². The molecule has 0 aliphatic rings. The molecule has 0 aliphatic carbocycles. The molecule has 122 valence electrons. The number of rotatable bonds is 5. The van der Waals surface area contributed by atoms with Crippen LogP contribution in [0.3, 0.4) is 0 Å². The van der Waals surface area contributed by atoms with Crippen molar-refractivity contribution in [1.82, 2.24) is 4.98 Å². The quantitative estimate of drug-likeness (QED) is 0.753. The Hall–Kier alpha value is -2.73. The number of carbonyl (C=O) groups excluding carboxylic acids is 1. The molecule has 6 heteroatoms. The van der Waals surface area contributed by atoms with Gasteiger partial charge in [0.05, 0.1) is 5.69 Å². The van der Waals surface area contributed by atoms with Crippen LogP contribution in [0.1, 0.15) is 5.69 Å². The molecule has 0 fully saturated rings. The third kappa shape index (κ3) is 3.97. The van der Waals surface area contributed by atoms with E-state index in [0.29, 0.717) is 5.75 Å². The van der Waals surface area contributed by atoms with Gasteiger partial charge in [-0.05, 0) is 43.3 Å². The van der Waals surface area contributed by atoms with Crippen molar-refractivity contribution in [1.29, 1.82) is 0 Å². The lowest BCUT2D eigenvalue weighted by molar-refractivity contribution is -0.118. The van der Waals surface area contributed by atoms with E-state index >= 15 is 0 Å². The topological polar surface area (TPSA) is 51.2 Å². The molecule has 0 atom stereocenters. The first-order valence-corrected chi connectivity index (χ1v) is 8.19. The number of aromatic nitrogens is 1. The molecule has 0 radical (unpaired) electrons. The number of halogens is 1. The second kappa shape index (κ2) is 7.23. The van der Waals surface area contributed by atoms with Crippen molar-refractivity contribution in [2.24, 2.45) is 0 Å². The Morgan fingerprint density at radius 2 is 1.96 bits per heavy atom. The standard InChI is InChI=1S/C18H15FN2O2S/c1-12-11-24-18(20-12)13-6-8-14(9-7-13)23-10-17(22)21-16-5-3-2-4-15(16)19/h2-9,11H,10H2,1H3,(H,21,22). The molecule has 1 N–H and O–H groups in total. The van der Waals surface area contributed by atoms with Crippen LogP contribution in [0, 0.1) is 12.7 Å². The number of nitrogens with one attached hydrogen (secondary N) is 1. The van der Waals surface area contributed by atoms with Gasteiger partial charge in [0.2, 0.25) is 0 Å². The number of para-hydroxylation sites is 1. The van der Waals surface area contributed by atoms with Crippen LogP contribution in [0.25, 0.3) is 10.6 Å². The fraction of sp³-hybridized carbons (Fsp3) is 0.111. The van der Waals surface area contributed by atoms with Crippen molar-refractivity contribution in [3.05, 3.63) is 65.4 Å². The number of ether oxygens (including phenoxy) is 1. The maximum absolute atomic E-state index is 13.5. The number of carbonyl (C=O) groups is 1. The van der Waals surface area contributed by atoms with Crippen LogP contribution < -0.4 is 10.1 Å². The number of anilines is 1. The molecular formula is C18H15FN2O2S. The number of thiazole rings is 1. The average Bonchev–Trinajstić information content (AvgIpc) is 3.02. The predicted octanol–water partition coefficient (Wildman–Crippen LogP) is 4.28. The van der Waals surface area contributed by atoms with Crippen molar-refractivity contribution in [3.63, 3.8) is 0 Å². The van der Waals surface area contributed by atoms with E-state index in [-0.39, 0.29) is 12.3 Å². The van der Waals surface area contributed by atoms with Gasteiger partial charge in [0.15, 0.2) is 6.61 Å². The molecule has 1 amide bonds. The highest BCUT2D eigenvalue weighted by Gasteiger charge is 2.08. The fourth-order valence-electron chi connectivity index (χ4n) is 2.08. The second-order valence-electron chi connectivity index (χ2n) is 5.14. The van der Waals surface area contributed by atoms with E-state index in [0.717, 1.165) is 16.3 Å². The van der Waals surface area contributed by atoms with Gasteiger partial charge in [-0.1, -0.05) is 12.1 Å². The average molecular weight is 342 g/mol. The Balaban J connectivity index is 1.57. The van der Waals surface area contributed by atoms with Gasteiger partial charge in [-0.2, -0.15) is 0 Å². The number of amides is 1. The summed E-state index contributed by atoms with van der Waals surface area (Å²) < 4.78 is 18.9. The summed E-state index contributed by atoms with van der Waals surface area (Å²) in [6, 6.07) is 13.3. The Morgan fingerprint density at radius 3 is 2.62 bits per heavy atom.